The number of nitrogens with zero attached hydrogens (tertiary/aromatic N) is 1. The SMILES string of the molecule is CCCC[C@H](NC(=O)C1[C@@H]2[C@H](CN1C(=O)[C@@H](NC(=O)NC1(CS(=O)(=O)C(C)(C)C)CCCCC1)C1(C)CCCCC1)C2(C)C)C(=O)C(=O)NC1CC1. The van der Waals surface area contributed by atoms with Crippen molar-refractivity contribution in [3.63, 3.8) is 0 Å². The average molecular weight is 748 g/mol. The molecule has 1 heterocycles. The van der Waals surface area contributed by atoms with Gasteiger partial charge in [0.15, 0.2) is 9.84 Å². The monoisotopic (exact) mass is 747 g/mol. The first-order valence-electron chi connectivity index (χ1n) is 20.0. The molecule has 1 aliphatic heterocycles. The number of hydrogen-bond acceptors (Lipinski definition) is 7. The largest absolute Gasteiger partial charge is 0.347 e. The Morgan fingerprint density at radius 1 is 0.865 bits per heavy atom. The third-order valence-corrected chi connectivity index (χ3v) is 16.0. The predicted octanol–water partition coefficient (Wildman–Crippen LogP) is 4.55. The van der Waals surface area contributed by atoms with Gasteiger partial charge in [-0.05, 0) is 88.4 Å². The van der Waals surface area contributed by atoms with Crippen LogP contribution in [0.25, 0.3) is 0 Å². The van der Waals surface area contributed by atoms with Crippen LogP contribution >= 0.6 is 0 Å². The maximum absolute atomic E-state index is 14.9. The first kappa shape index (κ1) is 40.5. The number of rotatable bonds is 14. The van der Waals surface area contributed by atoms with Gasteiger partial charge in [-0.2, -0.15) is 0 Å². The lowest BCUT2D eigenvalue weighted by molar-refractivity contribution is -0.146. The fourth-order valence-electron chi connectivity index (χ4n) is 9.26. The van der Waals surface area contributed by atoms with Crippen molar-refractivity contribution >= 4 is 39.4 Å². The van der Waals surface area contributed by atoms with Gasteiger partial charge in [0.25, 0.3) is 5.91 Å². The molecular formula is C39H65N5O7S. The van der Waals surface area contributed by atoms with Crippen LogP contribution < -0.4 is 21.3 Å². The van der Waals surface area contributed by atoms with E-state index in [1.165, 1.54) is 0 Å². The van der Waals surface area contributed by atoms with Crippen LogP contribution in [0, 0.1) is 22.7 Å². The van der Waals surface area contributed by atoms with Gasteiger partial charge in [-0.25, -0.2) is 13.2 Å². The van der Waals surface area contributed by atoms with E-state index >= 15 is 0 Å². The van der Waals surface area contributed by atoms with Crippen LogP contribution in [0.2, 0.25) is 0 Å². The highest BCUT2D eigenvalue weighted by Gasteiger charge is 2.70. The fraction of sp³-hybridized carbons (Fsp3) is 0.872. The van der Waals surface area contributed by atoms with E-state index in [0.717, 1.165) is 70.6 Å². The number of urea groups is 1. The number of sulfone groups is 1. The van der Waals surface area contributed by atoms with Crippen molar-refractivity contribution in [1.82, 2.24) is 26.2 Å². The van der Waals surface area contributed by atoms with E-state index in [2.05, 4.69) is 35.1 Å². The van der Waals surface area contributed by atoms with Gasteiger partial charge in [0.1, 0.15) is 12.1 Å². The average Bonchev–Trinajstić information content (AvgIpc) is 3.92. The van der Waals surface area contributed by atoms with E-state index in [1.54, 1.807) is 25.7 Å². The van der Waals surface area contributed by atoms with E-state index in [1.807, 2.05) is 13.8 Å². The number of amides is 5. The number of piperidine rings is 1. The maximum atomic E-state index is 14.9. The summed E-state index contributed by atoms with van der Waals surface area (Å²) in [5, 5.41) is 11.8. The highest BCUT2D eigenvalue weighted by atomic mass is 32.2. The zero-order valence-corrected chi connectivity index (χ0v) is 33.5. The lowest BCUT2D eigenvalue weighted by Gasteiger charge is -2.44. The summed E-state index contributed by atoms with van der Waals surface area (Å²) in [6, 6.07) is -3.33. The number of fused-ring (bicyclic) bond motifs is 1. The molecule has 0 bridgehead atoms. The number of Topliss-reactive ketones (excluding diaryl/α,β-unsaturated/α-hetero) is 1. The van der Waals surface area contributed by atoms with Gasteiger partial charge in [0, 0.05) is 12.6 Å². The van der Waals surface area contributed by atoms with Crippen LogP contribution in [0.1, 0.15) is 145 Å². The number of likely N-dealkylation sites (tertiary alicyclic amines) is 1. The molecule has 52 heavy (non-hydrogen) atoms. The second-order valence-corrected chi connectivity index (χ2v) is 21.4. The molecule has 5 rings (SSSR count). The van der Waals surface area contributed by atoms with E-state index in [0.29, 0.717) is 32.2 Å². The van der Waals surface area contributed by atoms with Crippen molar-refractivity contribution < 1.29 is 32.4 Å². The Kier molecular flexibility index (Phi) is 11.8. The molecule has 4 N–H and O–H groups in total. The van der Waals surface area contributed by atoms with Gasteiger partial charge >= 0.3 is 6.03 Å². The predicted molar refractivity (Wildman–Crippen MR) is 200 cm³/mol. The Morgan fingerprint density at radius 3 is 2.02 bits per heavy atom. The minimum absolute atomic E-state index is 0.00797. The highest BCUT2D eigenvalue weighted by Crippen LogP contribution is 2.65. The molecule has 4 aliphatic carbocycles. The van der Waals surface area contributed by atoms with Gasteiger partial charge in [0.2, 0.25) is 17.6 Å². The van der Waals surface area contributed by atoms with Crippen LogP contribution in [0.15, 0.2) is 0 Å². The minimum Gasteiger partial charge on any atom is -0.347 e. The van der Waals surface area contributed by atoms with E-state index in [4.69, 9.17) is 0 Å². The molecule has 5 fully saturated rings. The Balaban J connectivity index is 1.39. The molecule has 0 aromatic heterocycles. The molecule has 12 nitrogen and oxygen atoms in total. The quantitative estimate of drug-likeness (QED) is 0.189. The van der Waals surface area contributed by atoms with Crippen LogP contribution in [-0.2, 0) is 29.0 Å². The topological polar surface area (TPSA) is 171 Å². The normalized spacial score (nSPS) is 27.4. The van der Waals surface area contributed by atoms with Crippen LogP contribution in [0.5, 0.6) is 0 Å². The molecule has 0 radical (unpaired) electrons. The Hall–Kier alpha value is -2.70. The molecule has 13 heteroatoms. The van der Waals surface area contributed by atoms with Crippen molar-refractivity contribution in [1.29, 1.82) is 0 Å². The summed E-state index contributed by atoms with van der Waals surface area (Å²) >= 11 is 0. The number of unbranched alkanes of at least 4 members (excludes halogenated alkanes) is 1. The smallest absolute Gasteiger partial charge is 0.315 e. The molecule has 5 atom stereocenters. The summed E-state index contributed by atoms with van der Waals surface area (Å²) in [5.74, 6) is -2.32. The summed E-state index contributed by atoms with van der Waals surface area (Å²) in [4.78, 5) is 71.0. The van der Waals surface area contributed by atoms with Crippen molar-refractivity contribution in [3.8, 4) is 0 Å². The molecule has 0 aromatic carbocycles. The minimum atomic E-state index is -3.56. The second-order valence-electron chi connectivity index (χ2n) is 18.7. The molecule has 1 saturated heterocycles. The molecule has 4 saturated carbocycles. The molecule has 5 aliphatic rings. The first-order chi connectivity index (χ1) is 24.3. The van der Waals surface area contributed by atoms with Crippen molar-refractivity contribution in [2.75, 3.05) is 12.3 Å². The summed E-state index contributed by atoms with van der Waals surface area (Å²) in [5.41, 5.74) is -1.71. The van der Waals surface area contributed by atoms with Gasteiger partial charge in [-0.15, -0.1) is 0 Å². The molecule has 0 spiro atoms. The molecular weight excluding hydrogens is 683 g/mol. The number of hydrogen-bond donors (Lipinski definition) is 4. The summed E-state index contributed by atoms with van der Waals surface area (Å²) < 4.78 is 25.9. The van der Waals surface area contributed by atoms with Gasteiger partial charge in [-0.3, -0.25) is 19.2 Å². The van der Waals surface area contributed by atoms with Gasteiger partial charge in [0.05, 0.1) is 22.1 Å². The van der Waals surface area contributed by atoms with E-state index < -0.39 is 67.3 Å². The maximum Gasteiger partial charge on any atom is 0.315 e. The third-order valence-electron chi connectivity index (χ3n) is 13.2. The standard InChI is InChI=1S/C39H65N5O7S/c1-8-9-16-27(30(45)33(47)40-25-17-18-25)41-32(46)29-28-26(37(28,5)6)23-44(29)34(48)31(38(7)19-12-10-13-20-38)42-35(49)43-39(21-14-11-15-22-39)24-52(50,51)36(2,3)4/h25-29,31H,8-24H2,1-7H3,(H,40,47)(H,41,46)(H2,42,43,49)/t26-,27-,28-,29?,31+/m0/s1. The lowest BCUT2D eigenvalue weighted by atomic mass is 9.70. The summed E-state index contributed by atoms with van der Waals surface area (Å²) in [6.07, 6.45) is 11.4. The summed E-state index contributed by atoms with van der Waals surface area (Å²) in [7, 11) is -3.56. The van der Waals surface area contributed by atoms with Crippen molar-refractivity contribution in [2.24, 2.45) is 22.7 Å². The van der Waals surface area contributed by atoms with Crippen molar-refractivity contribution in [2.45, 2.75) is 179 Å². The van der Waals surface area contributed by atoms with E-state index in [9.17, 15) is 32.4 Å². The molecule has 1 unspecified atom stereocenters. The van der Waals surface area contributed by atoms with E-state index in [-0.39, 0.29) is 35.0 Å². The Morgan fingerprint density at radius 2 is 1.46 bits per heavy atom. The molecule has 0 aromatic rings. The fourth-order valence-corrected chi connectivity index (χ4v) is 10.8. The van der Waals surface area contributed by atoms with Crippen LogP contribution in [0.4, 0.5) is 4.79 Å². The number of carbonyl (C=O) groups is 5. The zero-order valence-electron chi connectivity index (χ0n) is 32.7. The number of carbonyl (C=O) groups excluding carboxylic acids is 5. The van der Waals surface area contributed by atoms with Gasteiger partial charge < -0.3 is 26.2 Å². The van der Waals surface area contributed by atoms with Crippen molar-refractivity contribution in [3.05, 3.63) is 0 Å². The van der Waals surface area contributed by atoms with Gasteiger partial charge in [-0.1, -0.05) is 79.1 Å². The Labute approximate surface area is 311 Å². The number of nitrogens with one attached hydrogen (secondary N) is 4. The summed E-state index contributed by atoms with van der Waals surface area (Å²) in [6.45, 7) is 13.6. The highest BCUT2D eigenvalue weighted by molar-refractivity contribution is 7.92. The van der Waals surface area contributed by atoms with Crippen LogP contribution in [-0.4, -0.2) is 89.6 Å². The van der Waals surface area contributed by atoms with Crippen LogP contribution in [0.3, 0.4) is 0 Å². The molecule has 294 valence electrons. The zero-order chi connectivity index (χ0) is 38.3. The first-order valence-corrected chi connectivity index (χ1v) is 21.7. The Bertz CT molecular complexity index is 1490. The second kappa shape index (κ2) is 15.2. The lowest BCUT2D eigenvalue weighted by Crippen LogP contribution is -2.65. The third kappa shape index (κ3) is 8.65. The molecule has 5 amide bonds. The number of ketones is 1.